The number of hydrogen-bond acceptors (Lipinski definition) is 6. The molecule has 0 atom stereocenters. The lowest BCUT2D eigenvalue weighted by atomic mass is 10.1. The molecule has 0 aliphatic heterocycles. The number of fused-ring (bicyclic) bond motifs is 1. The van der Waals surface area contributed by atoms with E-state index in [1.54, 1.807) is 48.0 Å². The first-order valence-electron chi connectivity index (χ1n) is 11.6. The van der Waals surface area contributed by atoms with Crippen molar-refractivity contribution < 1.29 is 22.7 Å². The van der Waals surface area contributed by atoms with E-state index in [1.165, 1.54) is 24.3 Å². The predicted molar refractivity (Wildman–Crippen MR) is 140 cm³/mol. The van der Waals surface area contributed by atoms with Crippen molar-refractivity contribution in [3.05, 3.63) is 93.3 Å². The van der Waals surface area contributed by atoms with Gasteiger partial charge in [0.15, 0.2) is 5.82 Å². The normalized spacial score (nSPS) is 12.2. The van der Waals surface area contributed by atoms with Crippen LogP contribution in [0, 0.1) is 0 Å². The van der Waals surface area contributed by atoms with E-state index in [4.69, 9.17) is 23.2 Å². The highest BCUT2D eigenvalue weighted by Gasteiger charge is 2.31. The molecule has 10 nitrogen and oxygen atoms in total. The molecule has 2 aromatic heterocycles. The number of hydrogen-bond donors (Lipinski definition) is 2. The van der Waals surface area contributed by atoms with Crippen LogP contribution in [0.1, 0.15) is 21.7 Å². The van der Waals surface area contributed by atoms with Crippen LogP contribution in [-0.2, 0) is 20.1 Å². The quantitative estimate of drug-likeness (QED) is 0.279. The van der Waals surface area contributed by atoms with Crippen LogP contribution in [0.2, 0.25) is 10.0 Å². The van der Waals surface area contributed by atoms with E-state index < -0.39 is 6.36 Å². The minimum atomic E-state index is -4.79. The molecule has 0 saturated heterocycles. The monoisotopic (exact) mass is 590 g/mol. The Morgan fingerprint density at radius 1 is 1.05 bits per heavy atom. The molecule has 0 fully saturated rings. The number of imidazole rings is 1. The zero-order valence-corrected chi connectivity index (χ0v) is 22.1. The van der Waals surface area contributed by atoms with Gasteiger partial charge >= 0.3 is 6.36 Å². The van der Waals surface area contributed by atoms with E-state index in [9.17, 15) is 18.0 Å². The highest BCUT2D eigenvalue weighted by Crippen LogP contribution is 2.28. The molecular weight excluding hydrogens is 572 g/mol. The van der Waals surface area contributed by atoms with E-state index in [2.05, 4.69) is 35.7 Å². The number of aromatic amines is 1. The SMILES string of the molecule is Cn1c(=Nc2ccc(OC(F)(F)F)cc2)n(Cc2ccc(C(=O)NCc3nnn[nH]3)cc2)c2cc(Cl)c(Cl)cc21. The van der Waals surface area contributed by atoms with Crippen molar-refractivity contribution in [1.82, 2.24) is 35.1 Å². The number of nitrogens with zero attached hydrogens (tertiary/aromatic N) is 6. The minimum Gasteiger partial charge on any atom is -0.406 e. The number of aromatic nitrogens is 6. The predicted octanol–water partition coefficient (Wildman–Crippen LogP) is 4.91. The molecule has 0 bridgehead atoms. The number of H-pyrrole nitrogens is 1. The number of halogens is 5. The highest BCUT2D eigenvalue weighted by atomic mass is 35.5. The summed E-state index contributed by atoms with van der Waals surface area (Å²) in [7, 11) is 1.79. The maximum Gasteiger partial charge on any atom is 0.573 e. The molecule has 0 aliphatic rings. The van der Waals surface area contributed by atoms with Gasteiger partial charge in [0, 0.05) is 12.6 Å². The fourth-order valence-corrected chi connectivity index (χ4v) is 4.32. The summed E-state index contributed by atoms with van der Waals surface area (Å²) in [6, 6.07) is 15.7. The van der Waals surface area contributed by atoms with Gasteiger partial charge in [0.1, 0.15) is 5.75 Å². The van der Waals surface area contributed by atoms with Crippen molar-refractivity contribution in [1.29, 1.82) is 0 Å². The van der Waals surface area contributed by atoms with Crippen LogP contribution in [0.5, 0.6) is 5.75 Å². The number of nitrogens with one attached hydrogen (secondary N) is 2. The summed E-state index contributed by atoms with van der Waals surface area (Å²) in [6.07, 6.45) is -4.79. The first kappa shape index (κ1) is 27.2. The second-order valence-electron chi connectivity index (χ2n) is 8.58. The smallest absolute Gasteiger partial charge is 0.406 e. The molecule has 0 saturated carbocycles. The van der Waals surface area contributed by atoms with Gasteiger partial charge in [0.2, 0.25) is 5.62 Å². The topological polar surface area (TPSA) is 115 Å². The minimum absolute atomic E-state index is 0.150. The van der Waals surface area contributed by atoms with E-state index >= 15 is 0 Å². The second kappa shape index (κ2) is 11.0. The summed E-state index contributed by atoms with van der Waals surface area (Å²) in [5, 5.41) is 16.7. The number of amides is 1. The molecule has 0 aliphatic carbocycles. The Balaban J connectivity index is 1.47. The molecule has 0 spiro atoms. The Hall–Kier alpha value is -4.36. The molecule has 2 N–H and O–H groups in total. The van der Waals surface area contributed by atoms with Crippen molar-refractivity contribution >= 4 is 45.8 Å². The number of carbonyl (C=O) groups excluding carboxylic acids is 1. The van der Waals surface area contributed by atoms with Crippen LogP contribution in [0.4, 0.5) is 18.9 Å². The molecule has 5 aromatic rings. The van der Waals surface area contributed by atoms with Crippen molar-refractivity contribution in [2.24, 2.45) is 12.0 Å². The molecule has 3 aromatic carbocycles. The first-order valence-corrected chi connectivity index (χ1v) is 12.4. The van der Waals surface area contributed by atoms with E-state index in [0.29, 0.717) is 39.3 Å². The van der Waals surface area contributed by atoms with E-state index in [1.807, 2.05) is 4.57 Å². The number of ether oxygens (including phenoxy) is 1. The number of benzene rings is 3. The van der Waals surface area contributed by atoms with Crippen molar-refractivity contribution in [3.63, 3.8) is 0 Å². The largest absolute Gasteiger partial charge is 0.573 e. The maximum atomic E-state index is 12.5. The Kier molecular flexibility index (Phi) is 7.50. The van der Waals surface area contributed by atoms with Crippen LogP contribution in [0.15, 0.2) is 65.7 Å². The summed E-state index contributed by atoms with van der Waals surface area (Å²) >= 11 is 12.6. The summed E-state index contributed by atoms with van der Waals surface area (Å²) in [5.74, 6) is -0.220. The number of aryl methyl sites for hydroxylation is 1. The Bertz CT molecular complexity index is 1730. The zero-order chi connectivity index (χ0) is 28.4. The van der Waals surface area contributed by atoms with E-state index in [0.717, 1.165) is 16.6 Å². The lowest BCUT2D eigenvalue weighted by molar-refractivity contribution is -0.274. The average molecular weight is 591 g/mol. The molecule has 1 amide bonds. The zero-order valence-electron chi connectivity index (χ0n) is 20.6. The lowest BCUT2D eigenvalue weighted by Crippen LogP contribution is -2.25. The van der Waals surface area contributed by atoms with Gasteiger partial charge in [0.05, 0.1) is 39.9 Å². The van der Waals surface area contributed by atoms with Gasteiger partial charge in [-0.25, -0.2) is 10.1 Å². The van der Waals surface area contributed by atoms with Gasteiger partial charge in [-0.05, 0) is 64.5 Å². The van der Waals surface area contributed by atoms with Crippen LogP contribution < -0.4 is 15.7 Å². The van der Waals surface area contributed by atoms with Crippen LogP contribution >= 0.6 is 23.2 Å². The van der Waals surface area contributed by atoms with Gasteiger partial charge in [0.25, 0.3) is 5.91 Å². The fourth-order valence-electron chi connectivity index (χ4n) is 4.00. The second-order valence-corrected chi connectivity index (χ2v) is 9.40. The molecule has 40 heavy (non-hydrogen) atoms. The number of carbonyl (C=O) groups is 1. The van der Waals surface area contributed by atoms with E-state index in [-0.39, 0.29) is 18.2 Å². The molecule has 2 heterocycles. The summed E-state index contributed by atoms with van der Waals surface area (Å²) < 4.78 is 45.3. The third-order valence-electron chi connectivity index (χ3n) is 5.87. The molecule has 0 radical (unpaired) electrons. The third-order valence-corrected chi connectivity index (χ3v) is 6.60. The van der Waals surface area contributed by atoms with Gasteiger partial charge in [-0.3, -0.25) is 4.79 Å². The van der Waals surface area contributed by atoms with Crippen LogP contribution in [0.25, 0.3) is 11.0 Å². The highest BCUT2D eigenvalue weighted by molar-refractivity contribution is 6.42. The standard InChI is InChI=1S/C25H19Cl2F3N8O2/c1-37-20-10-18(26)19(27)11-21(20)38(24(37)32-16-6-8-17(9-7-16)40-25(28,29)30)13-14-2-4-15(5-3-14)23(39)31-12-22-33-35-36-34-22/h2-11H,12-13H2,1H3,(H,31,39)(H,33,34,35,36). The van der Waals surface area contributed by atoms with Gasteiger partial charge in [-0.1, -0.05) is 35.3 Å². The molecule has 206 valence electrons. The van der Waals surface area contributed by atoms with Crippen molar-refractivity contribution in [3.8, 4) is 5.75 Å². The van der Waals surface area contributed by atoms with Crippen LogP contribution in [-0.4, -0.2) is 42.0 Å². The van der Waals surface area contributed by atoms with Gasteiger partial charge in [-0.15, -0.1) is 18.3 Å². The Morgan fingerprint density at radius 3 is 2.35 bits per heavy atom. The lowest BCUT2D eigenvalue weighted by Gasteiger charge is -2.09. The van der Waals surface area contributed by atoms with Crippen molar-refractivity contribution in [2.75, 3.05) is 0 Å². The maximum absolute atomic E-state index is 12.5. The molecular formula is C25H19Cl2F3N8O2. The van der Waals surface area contributed by atoms with Gasteiger partial charge < -0.3 is 19.2 Å². The number of rotatable bonds is 7. The number of tetrazole rings is 1. The van der Waals surface area contributed by atoms with Crippen LogP contribution in [0.3, 0.4) is 0 Å². The summed E-state index contributed by atoms with van der Waals surface area (Å²) in [6.45, 7) is 0.492. The van der Waals surface area contributed by atoms with Gasteiger partial charge in [-0.2, -0.15) is 0 Å². The third kappa shape index (κ3) is 6.10. The number of alkyl halides is 3. The molecule has 0 unspecified atom stereocenters. The summed E-state index contributed by atoms with van der Waals surface area (Å²) in [5.41, 5.74) is 3.66. The Labute approximate surface area is 234 Å². The molecule has 15 heteroatoms. The van der Waals surface area contributed by atoms with Crippen molar-refractivity contribution in [2.45, 2.75) is 19.5 Å². The Morgan fingerprint density at radius 2 is 1.73 bits per heavy atom. The molecule has 5 rings (SSSR count). The summed E-state index contributed by atoms with van der Waals surface area (Å²) in [4.78, 5) is 17.2. The average Bonchev–Trinajstić information content (AvgIpc) is 3.52. The first-order chi connectivity index (χ1) is 19.1. The fraction of sp³-hybridized carbons (Fsp3) is 0.160.